The summed E-state index contributed by atoms with van der Waals surface area (Å²) in [6.07, 6.45) is 6.20. The van der Waals surface area contributed by atoms with Gasteiger partial charge in [0, 0.05) is 41.7 Å². The fourth-order valence-corrected chi connectivity index (χ4v) is 7.06. The van der Waals surface area contributed by atoms with Crippen molar-refractivity contribution >= 4 is 35.1 Å². The average molecular weight is 598 g/mol. The summed E-state index contributed by atoms with van der Waals surface area (Å²) in [6.45, 7) is 13.8. The van der Waals surface area contributed by atoms with Crippen LogP contribution in [-0.2, 0) is 5.41 Å². The Morgan fingerprint density at radius 3 is 2.63 bits per heavy atom. The van der Waals surface area contributed by atoms with Crippen molar-refractivity contribution in [2.24, 2.45) is 5.92 Å². The molecule has 1 saturated heterocycles. The van der Waals surface area contributed by atoms with Gasteiger partial charge in [-0.3, -0.25) is 14.5 Å². The van der Waals surface area contributed by atoms with Gasteiger partial charge in [-0.15, -0.1) is 0 Å². The smallest absolute Gasteiger partial charge is 0.265 e. The number of carbonyl (C=O) groups excluding carboxylic acids is 1. The van der Waals surface area contributed by atoms with Crippen molar-refractivity contribution in [2.45, 2.75) is 82.3 Å². The highest BCUT2D eigenvalue weighted by molar-refractivity contribution is 7.97. The van der Waals surface area contributed by atoms with Crippen molar-refractivity contribution in [2.75, 3.05) is 29.9 Å². The summed E-state index contributed by atoms with van der Waals surface area (Å²) in [5.41, 5.74) is 4.71. The normalized spacial score (nSPS) is 22.4. The van der Waals surface area contributed by atoms with Crippen LogP contribution >= 0.6 is 11.9 Å². The first-order valence-corrected chi connectivity index (χ1v) is 16.3. The van der Waals surface area contributed by atoms with Gasteiger partial charge in [-0.25, -0.2) is 9.97 Å². The molecule has 3 aliphatic rings. The van der Waals surface area contributed by atoms with Crippen molar-refractivity contribution in [1.29, 1.82) is 0 Å². The lowest BCUT2D eigenvalue weighted by atomic mass is 9.90. The molecule has 3 aromatic heterocycles. The molecule has 2 atom stereocenters. The number of rotatable bonds is 2. The lowest BCUT2D eigenvalue weighted by Gasteiger charge is -2.34. The van der Waals surface area contributed by atoms with Gasteiger partial charge in [-0.1, -0.05) is 39.0 Å². The minimum Gasteiger partial charge on any atom is -0.362 e. The first-order chi connectivity index (χ1) is 20.6. The number of hydrogen-bond acceptors (Lipinski definition) is 8. The van der Waals surface area contributed by atoms with E-state index in [-0.39, 0.29) is 22.9 Å². The van der Waals surface area contributed by atoms with E-state index in [4.69, 9.17) is 15.0 Å². The minimum absolute atomic E-state index is 0.00445. The van der Waals surface area contributed by atoms with Crippen LogP contribution in [0.4, 0.5) is 11.6 Å². The monoisotopic (exact) mass is 597 g/mol. The quantitative estimate of drug-likeness (QED) is 0.287. The second kappa shape index (κ2) is 11.9. The third-order valence-electron chi connectivity index (χ3n) is 8.78. The zero-order valence-electron chi connectivity index (χ0n) is 25.9. The highest BCUT2D eigenvalue weighted by Gasteiger charge is 2.41. The predicted octanol–water partition coefficient (Wildman–Crippen LogP) is 6.53. The van der Waals surface area contributed by atoms with Gasteiger partial charge >= 0.3 is 0 Å². The van der Waals surface area contributed by atoms with Gasteiger partial charge in [0.1, 0.15) is 16.7 Å². The zero-order chi connectivity index (χ0) is 30.2. The maximum Gasteiger partial charge on any atom is 0.265 e. The van der Waals surface area contributed by atoms with E-state index in [0.717, 1.165) is 79.1 Å². The van der Waals surface area contributed by atoms with E-state index >= 15 is 0 Å². The SMILES string of the molecule is CC(C)(C)c1ccc2c(n1)N1CC(CCC(c3cccc(C4=CCNCC4)n3)Nc3cccc(n3)SNC2=O)CC1(C)C. The number of amides is 1. The van der Waals surface area contributed by atoms with E-state index < -0.39 is 0 Å². The molecule has 3 aromatic rings. The number of hydrogen-bond donors (Lipinski definition) is 3. The van der Waals surface area contributed by atoms with E-state index in [1.54, 1.807) is 0 Å². The van der Waals surface area contributed by atoms with Crippen LogP contribution in [0.15, 0.2) is 59.6 Å². The Bertz CT molecular complexity index is 1530. The minimum atomic E-state index is -0.159. The van der Waals surface area contributed by atoms with Crippen LogP contribution in [0.25, 0.3) is 5.57 Å². The second-order valence-electron chi connectivity index (χ2n) is 13.6. The van der Waals surface area contributed by atoms with Crippen molar-refractivity contribution in [3.8, 4) is 0 Å². The van der Waals surface area contributed by atoms with Crippen LogP contribution in [0.1, 0.15) is 93.8 Å². The van der Waals surface area contributed by atoms with E-state index in [0.29, 0.717) is 11.5 Å². The molecule has 0 spiro atoms. The molecule has 3 N–H and O–H groups in total. The summed E-state index contributed by atoms with van der Waals surface area (Å²) in [5.74, 6) is 1.84. The summed E-state index contributed by atoms with van der Waals surface area (Å²) in [5, 5.41) is 7.83. The number of fused-ring (bicyclic) bond motifs is 6. The Balaban J connectivity index is 1.37. The molecule has 0 radical (unpaired) electrons. The fraction of sp³-hybridized carbons (Fsp3) is 0.471. The van der Waals surface area contributed by atoms with Crippen LogP contribution in [0.5, 0.6) is 0 Å². The molecule has 43 heavy (non-hydrogen) atoms. The number of carbonyl (C=O) groups is 1. The zero-order valence-corrected chi connectivity index (χ0v) is 26.7. The molecule has 1 amide bonds. The van der Waals surface area contributed by atoms with E-state index in [2.05, 4.69) is 79.1 Å². The number of pyridine rings is 3. The molecular weight excluding hydrogens is 554 g/mol. The molecule has 1 fully saturated rings. The van der Waals surface area contributed by atoms with Crippen molar-refractivity contribution in [3.05, 3.63) is 77.3 Å². The molecule has 4 bridgehead atoms. The Hall–Kier alpha value is -3.43. The van der Waals surface area contributed by atoms with Gasteiger partial charge in [0.25, 0.3) is 5.91 Å². The second-order valence-corrected chi connectivity index (χ2v) is 14.4. The number of nitrogens with zero attached hydrogens (tertiary/aromatic N) is 4. The third kappa shape index (κ3) is 6.58. The van der Waals surface area contributed by atoms with Crippen LogP contribution in [-0.4, -0.2) is 46.0 Å². The Morgan fingerprint density at radius 2 is 1.84 bits per heavy atom. The molecule has 6 heterocycles. The van der Waals surface area contributed by atoms with Crippen molar-refractivity contribution < 1.29 is 4.79 Å². The van der Waals surface area contributed by atoms with E-state index in [1.807, 2.05) is 30.3 Å². The average Bonchev–Trinajstić information content (AvgIpc) is 3.31. The van der Waals surface area contributed by atoms with Crippen LogP contribution in [0, 0.1) is 5.92 Å². The number of anilines is 2. The first-order valence-electron chi connectivity index (χ1n) is 15.4. The standard InChI is InChI=1S/C34H43N7OS/c1-33(2,3)28-15-13-24-31(38-28)41-21-22(20-34(41,4)5)12-14-27(37-29-10-7-11-30(39-29)43-40-32(24)42)26-9-6-8-25(36-26)23-16-18-35-19-17-23/h6-11,13,15-16,22,27,35H,12,14,17-21H2,1-5H3,(H,37,39)(H,40,42). The summed E-state index contributed by atoms with van der Waals surface area (Å²) >= 11 is 1.23. The Labute approximate surface area is 259 Å². The van der Waals surface area contributed by atoms with Crippen molar-refractivity contribution in [3.63, 3.8) is 0 Å². The maximum absolute atomic E-state index is 13.6. The van der Waals surface area contributed by atoms with Gasteiger partial charge in [-0.05, 0) is 94.0 Å². The predicted molar refractivity (Wildman–Crippen MR) is 175 cm³/mol. The van der Waals surface area contributed by atoms with Gasteiger partial charge in [-0.2, -0.15) is 0 Å². The highest BCUT2D eigenvalue weighted by Crippen LogP contribution is 2.41. The molecule has 3 aliphatic heterocycles. The Kier molecular flexibility index (Phi) is 8.22. The first kappa shape index (κ1) is 29.6. The summed E-state index contributed by atoms with van der Waals surface area (Å²) in [4.78, 5) is 31.2. The summed E-state index contributed by atoms with van der Waals surface area (Å²) < 4.78 is 3.04. The molecule has 9 heteroatoms. The molecule has 0 saturated carbocycles. The third-order valence-corrected chi connectivity index (χ3v) is 9.51. The summed E-state index contributed by atoms with van der Waals surface area (Å²) in [7, 11) is 0. The molecule has 0 aliphatic carbocycles. The van der Waals surface area contributed by atoms with Gasteiger partial charge < -0.3 is 15.5 Å². The summed E-state index contributed by atoms with van der Waals surface area (Å²) in [6, 6.07) is 16.2. The van der Waals surface area contributed by atoms with Crippen LogP contribution < -0.4 is 20.3 Å². The fourth-order valence-electron chi connectivity index (χ4n) is 6.46. The van der Waals surface area contributed by atoms with Crippen molar-refractivity contribution in [1.82, 2.24) is 25.0 Å². The van der Waals surface area contributed by atoms with E-state index in [9.17, 15) is 4.79 Å². The topological polar surface area (TPSA) is 95.1 Å². The highest BCUT2D eigenvalue weighted by atomic mass is 32.2. The lowest BCUT2D eigenvalue weighted by molar-refractivity contribution is 0.0984. The molecule has 6 rings (SSSR count). The molecule has 0 aromatic carbocycles. The molecule has 8 nitrogen and oxygen atoms in total. The molecular formula is C34H43N7OS. The van der Waals surface area contributed by atoms with E-state index in [1.165, 1.54) is 17.5 Å². The molecule has 226 valence electrons. The number of nitrogens with one attached hydrogen (secondary N) is 3. The largest absolute Gasteiger partial charge is 0.362 e. The van der Waals surface area contributed by atoms with Gasteiger partial charge in [0.2, 0.25) is 0 Å². The van der Waals surface area contributed by atoms with Gasteiger partial charge in [0.15, 0.2) is 0 Å². The van der Waals surface area contributed by atoms with Crippen LogP contribution in [0.3, 0.4) is 0 Å². The Morgan fingerprint density at radius 1 is 1.00 bits per heavy atom. The molecule has 2 unspecified atom stereocenters. The van der Waals surface area contributed by atoms with Gasteiger partial charge in [0.05, 0.1) is 23.0 Å². The lowest BCUT2D eigenvalue weighted by Crippen LogP contribution is -2.40. The maximum atomic E-state index is 13.6. The number of aromatic nitrogens is 3. The van der Waals surface area contributed by atoms with Crippen LogP contribution in [0.2, 0.25) is 0 Å².